The van der Waals surface area contributed by atoms with Crippen LogP contribution in [0.1, 0.15) is 18.4 Å². The Kier molecular flexibility index (Phi) is 5.37. The Hall–Kier alpha value is -0.850. The molecule has 1 aromatic rings. The fourth-order valence-electron chi connectivity index (χ4n) is 1.56. The zero-order valence-electron chi connectivity index (χ0n) is 9.40. The second-order valence-corrected chi connectivity index (χ2v) is 4.33. The van der Waals surface area contributed by atoms with Crippen LogP contribution in [0.5, 0.6) is 0 Å². The summed E-state index contributed by atoms with van der Waals surface area (Å²) in [5.41, 5.74) is 2.42. The van der Waals surface area contributed by atoms with E-state index in [1.54, 1.807) is 0 Å². The Morgan fingerprint density at radius 1 is 1.33 bits per heavy atom. The molecule has 3 N–H and O–H groups in total. The molecule has 1 aromatic carbocycles. The minimum absolute atomic E-state index is 0.0120. The minimum Gasteiger partial charge on any atom is -0.271 e. The molecule has 0 fully saturated rings. The molecular weight excluding hydrogens is 272 g/mol. The average molecular weight is 285 g/mol. The molecule has 0 heterocycles. The molecule has 1 atom stereocenters. The molecule has 0 aliphatic rings. The predicted molar refractivity (Wildman–Crippen MR) is 61.5 cm³/mol. The Morgan fingerprint density at radius 2 is 2.00 bits per heavy atom. The lowest BCUT2D eigenvalue weighted by Crippen LogP contribution is -2.37. The number of halogens is 5. The van der Waals surface area contributed by atoms with E-state index in [0.717, 1.165) is 0 Å². The highest BCUT2D eigenvalue weighted by Crippen LogP contribution is 2.25. The molecule has 1 rings (SSSR count). The summed E-state index contributed by atoms with van der Waals surface area (Å²) in [6.45, 7) is 0. The zero-order valence-corrected chi connectivity index (χ0v) is 10.2. The lowest BCUT2D eigenvalue weighted by Gasteiger charge is -2.18. The number of benzene rings is 1. The maximum absolute atomic E-state index is 13.4. The molecule has 7 heteroatoms. The van der Waals surface area contributed by atoms with Crippen LogP contribution in [0.25, 0.3) is 0 Å². The monoisotopic (exact) mass is 284 g/mol. The van der Waals surface area contributed by atoms with E-state index < -0.39 is 24.5 Å². The van der Waals surface area contributed by atoms with Crippen molar-refractivity contribution in [3.05, 3.63) is 34.6 Å². The Labute approximate surface area is 107 Å². The van der Waals surface area contributed by atoms with Crippen molar-refractivity contribution in [3.63, 3.8) is 0 Å². The molecule has 0 spiro atoms. The fraction of sp³-hybridized carbons (Fsp3) is 0.455. The summed E-state index contributed by atoms with van der Waals surface area (Å²) in [5, 5.41) is 0.183. The lowest BCUT2D eigenvalue weighted by atomic mass is 10.0. The molecule has 0 aromatic heterocycles. The van der Waals surface area contributed by atoms with Crippen LogP contribution in [0.15, 0.2) is 18.2 Å². The van der Waals surface area contributed by atoms with Crippen molar-refractivity contribution in [1.82, 2.24) is 5.43 Å². The number of hydrogen-bond acceptors (Lipinski definition) is 2. The van der Waals surface area contributed by atoms with Gasteiger partial charge < -0.3 is 0 Å². The Bertz CT molecular complexity index is 375. The summed E-state index contributed by atoms with van der Waals surface area (Å²) in [6.07, 6.45) is -5.45. The van der Waals surface area contributed by atoms with E-state index in [1.165, 1.54) is 18.2 Å². The van der Waals surface area contributed by atoms with Crippen molar-refractivity contribution in [2.75, 3.05) is 0 Å². The number of hydrogen-bond donors (Lipinski definition) is 2. The van der Waals surface area contributed by atoms with Gasteiger partial charge in [0.05, 0.1) is 0 Å². The third-order valence-electron chi connectivity index (χ3n) is 2.52. The first-order valence-electron chi connectivity index (χ1n) is 5.29. The maximum atomic E-state index is 13.4. The molecule has 0 aliphatic carbocycles. The highest BCUT2D eigenvalue weighted by molar-refractivity contribution is 6.31. The van der Waals surface area contributed by atoms with E-state index >= 15 is 0 Å². The van der Waals surface area contributed by atoms with Crippen LogP contribution in [0, 0.1) is 5.82 Å². The number of alkyl halides is 3. The van der Waals surface area contributed by atoms with Crippen molar-refractivity contribution in [2.24, 2.45) is 5.84 Å². The van der Waals surface area contributed by atoms with Gasteiger partial charge in [-0.25, -0.2) is 4.39 Å². The summed E-state index contributed by atoms with van der Waals surface area (Å²) in [4.78, 5) is 0. The number of nitrogens with one attached hydrogen (secondary N) is 1. The largest absolute Gasteiger partial charge is 0.389 e. The first-order chi connectivity index (χ1) is 8.33. The van der Waals surface area contributed by atoms with E-state index in [9.17, 15) is 17.6 Å². The van der Waals surface area contributed by atoms with Crippen molar-refractivity contribution in [2.45, 2.75) is 31.5 Å². The number of rotatable bonds is 5. The standard InChI is InChI=1S/C11H13ClF4N2/c12-9-2-1-3-10(13)8(9)6-7(18-17)4-5-11(14,15)16/h1-3,7,18H,4-6,17H2. The third-order valence-corrected chi connectivity index (χ3v) is 2.88. The smallest absolute Gasteiger partial charge is 0.271 e. The Morgan fingerprint density at radius 3 is 2.50 bits per heavy atom. The van der Waals surface area contributed by atoms with Crippen molar-refractivity contribution >= 4 is 11.6 Å². The van der Waals surface area contributed by atoms with Gasteiger partial charge in [0.25, 0.3) is 0 Å². The van der Waals surface area contributed by atoms with Crippen molar-refractivity contribution in [1.29, 1.82) is 0 Å². The van der Waals surface area contributed by atoms with Gasteiger partial charge in [0.2, 0.25) is 0 Å². The minimum atomic E-state index is -4.26. The van der Waals surface area contributed by atoms with Crippen LogP contribution < -0.4 is 11.3 Å². The second-order valence-electron chi connectivity index (χ2n) is 3.92. The van der Waals surface area contributed by atoms with Crippen LogP contribution in [-0.4, -0.2) is 12.2 Å². The molecule has 0 radical (unpaired) electrons. The van der Waals surface area contributed by atoms with E-state index in [1.807, 2.05) is 0 Å². The highest BCUT2D eigenvalue weighted by atomic mass is 35.5. The third kappa shape index (κ3) is 4.80. The van der Waals surface area contributed by atoms with Gasteiger partial charge in [-0.15, -0.1) is 0 Å². The molecule has 18 heavy (non-hydrogen) atoms. The molecule has 0 aliphatic heterocycles. The normalized spacial score (nSPS) is 13.7. The molecule has 2 nitrogen and oxygen atoms in total. The van der Waals surface area contributed by atoms with Crippen molar-refractivity contribution in [3.8, 4) is 0 Å². The number of nitrogens with two attached hydrogens (primary N) is 1. The van der Waals surface area contributed by atoms with Gasteiger partial charge in [-0.3, -0.25) is 11.3 Å². The fourth-order valence-corrected chi connectivity index (χ4v) is 1.80. The van der Waals surface area contributed by atoms with Crippen LogP contribution in [0.3, 0.4) is 0 Å². The second kappa shape index (κ2) is 6.36. The molecule has 0 saturated heterocycles. The van der Waals surface area contributed by atoms with Crippen LogP contribution >= 0.6 is 11.6 Å². The van der Waals surface area contributed by atoms with Gasteiger partial charge in [0.15, 0.2) is 0 Å². The van der Waals surface area contributed by atoms with Gasteiger partial charge in [-0.05, 0) is 25.0 Å². The molecule has 0 bridgehead atoms. The van der Waals surface area contributed by atoms with Gasteiger partial charge in [0, 0.05) is 23.0 Å². The first kappa shape index (κ1) is 15.2. The maximum Gasteiger partial charge on any atom is 0.389 e. The van der Waals surface area contributed by atoms with Crippen LogP contribution in [0.2, 0.25) is 5.02 Å². The summed E-state index contributed by atoms with van der Waals surface area (Å²) in [6, 6.07) is 3.44. The van der Waals surface area contributed by atoms with Gasteiger partial charge >= 0.3 is 6.18 Å². The summed E-state index contributed by atoms with van der Waals surface area (Å²) in [7, 11) is 0. The highest BCUT2D eigenvalue weighted by Gasteiger charge is 2.28. The van der Waals surface area contributed by atoms with E-state index in [4.69, 9.17) is 17.4 Å². The molecule has 0 amide bonds. The van der Waals surface area contributed by atoms with Crippen LogP contribution in [-0.2, 0) is 6.42 Å². The Balaban J connectivity index is 2.68. The topological polar surface area (TPSA) is 38.0 Å². The zero-order chi connectivity index (χ0) is 13.8. The summed E-state index contributed by atoms with van der Waals surface area (Å²) >= 11 is 5.79. The molecule has 0 saturated carbocycles. The van der Waals surface area contributed by atoms with Gasteiger partial charge in [-0.2, -0.15) is 13.2 Å². The SMILES string of the molecule is NNC(CCC(F)(F)F)Cc1c(F)cccc1Cl. The van der Waals surface area contributed by atoms with E-state index in [2.05, 4.69) is 5.43 Å². The first-order valence-corrected chi connectivity index (χ1v) is 5.67. The van der Waals surface area contributed by atoms with Crippen molar-refractivity contribution < 1.29 is 17.6 Å². The average Bonchev–Trinajstić information content (AvgIpc) is 2.26. The summed E-state index contributed by atoms with van der Waals surface area (Å²) in [5.74, 6) is 4.62. The quantitative estimate of drug-likeness (QED) is 0.495. The molecule has 102 valence electrons. The summed E-state index contributed by atoms with van der Waals surface area (Å²) < 4.78 is 49.7. The van der Waals surface area contributed by atoms with E-state index in [0.29, 0.717) is 0 Å². The van der Waals surface area contributed by atoms with Crippen LogP contribution in [0.4, 0.5) is 17.6 Å². The molecular formula is C11H13ClF4N2. The van der Waals surface area contributed by atoms with Gasteiger partial charge in [0.1, 0.15) is 5.82 Å². The van der Waals surface area contributed by atoms with E-state index in [-0.39, 0.29) is 23.4 Å². The number of hydrazine groups is 1. The molecule has 1 unspecified atom stereocenters. The predicted octanol–water partition coefficient (Wildman–Crippen LogP) is 3.20. The van der Waals surface area contributed by atoms with Gasteiger partial charge in [-0.1, -0.05) is 17.7 Å². The lowest BCUT2D eigenvalue weighted by molar-refractivity contribution is -0.136.